The standard InChI is InChI=1S/C52H54O2/c1-3-9-37-15-23-41(24-16-37)43-27-19-39(20-28-43)35-53-49-33-31-45-11-5-7-13-47(45)51(49)52-48-14-8-6-12-46(48)32-34-50(52)54-36-40-21-29-44(30-22-40)42-25-17-38(10-4-2)18-26-42/h15-34H,3-14,35-36H2,1-2H3. The molecule has 0 saturated carbocycles. The molecule has 0 saturated heterocycles. The fourth-order valence-corrected chi connectivity index (χ4v) is 8.62. The smallest absolute Gasteiger partial charge is 0.128 e. The van der Waals surface area contributed by atoms with E-state index < -0.39 is 0 Å². The van der Waals surface area contributed by atoms with Crippen molar-refractivity contribution in [2.45, 2.75) is 104 Å². The van der Waals surface area contributed by atoms with Crippen LogP contribution in [0.1, 0.15) is 96.9 Å². The molecule has 0 amide bonds. The molecular formula is C52H54O2. The summed E-state index contributed by atoms with van der Waals surface area (Å²) in [6.45, 7) is 5.52. The quantitative estimate of drug-likeness (QED) is 0.119. The lowest BCUT2D eigenvalue weighted by atomic mass is 9.80. The first-order valence-corrected chi connectivity index (χ1v) is 20.6. The van der Waals surface area contributed by atoms with E-state index in [1.807, 2.05) is 0 Å². The van der Waals surface area contributed by atoms with E-state index in [1.165, 1.54) is 116 Å². The number of rotatable bonds is 13. The lowest BCUT2D eigenvalue weighted by molar-refractivity contribution is 0.302. The molecule has 0 aromatic heterocycles. The summed E-state index contributed by atoms with van der Waals surface area (Å²) in [7, 11) is 0. The van der Waals surface area contributed by atoms with Gasteiger partial charge in [-0.25, -0.2) is 0 Å². The first-order chi connectivity index (χ1) is 26.7. The Balaban J connectivity index is 1.07. The summed E-state index contributed by atoms with van der Waals surface area (Å²) in [6.07, 6.45) is 13.9. The predicted octanol–water partition coefficient (Wildman–Crippen LogP) is 13.5. The molecule has 0 aliphatic heterocycles. The third-order valence-corrected chi connectivity index (χ3v) is 11.6. The van der Waals surface area contributed by atoms with Crippen LogP contribution in [0.5, 0.6) is 11.5 Å². The molecule has 0 N–H and O–H groups in total. The molecule has 54 heavy (non-hydrogen) atoms. The molecule has 0 radical (unpaired) electrons. The van der Waals surface area contributed by atoms with Gasteiger partial charge in [0.05, 0.1) is 0 Å². The minimum absolute atomic E-state index is 0.528. The Hall–Kier alpha value is -5.08. The average Bonchev–Trinajstić information content (AvgIpc) is 3.23. The van der Waals surface area contributed by atoms with Crippen LogP contribution in [0.3, 0.4) is 0 Å². The van der Waals surface area contributed by atoms with Crippen molar-refractivity contribution < 1.29 is 9.47 Å². The number of fused-ring (bicyclic) bond motifs is 2. The summed E-state index contributed by atoms with van der Waals surface area (Å²) in [5, 5.41) is 0. The molecule has 6 aromatic carbocycles. The van der Waals surface area contributed by atoms with E-state index in [4.69, 9.17) is 9.47 Å². The van der Waals surface area contributed by atoms with Crippen LogP contribution in [0.25, 0.3) is 33.4 Å². The maximum Gasteiger partial charge on any atom is 0.128 e. The van der Waals surface area contributed by atoms with E-state index in [2.05, 4.69) is 135 Å². The summed E-state index contributed by atoms with van der Waals surface area (Å²) in [6, 6.07) is 45.0. The van der Waals surface area contributed by atoms with E-state index in [0.29, 0.717) is 13.2 Å². The fourth-order valence-electron chi connectivity index (χ4n) is 8.62. The Labute approximate surface area is 323 Å². The van der Waals surface area contributed by atoms with Gasteiger partial charge in [-0.15, -0.1) is 0 Å². The molecule has 0 unspecified atom stereocenters. The number of aryl methyl sites for hydroxylation is 4. The van der Waals surface area contributed by atoms with Crippen molar-refractivity contribution in [1.29, 1.82) is 0 Å². The van der Waals surface area contributed by atoms with E-state index in [0.717, 1.165) is 50.0 Å². The third kappa shape index (κ3) is 8.04. The Morgan fingerprint density at radius 1 is 0.370 bits per heavy atom. The topological polar surface area (TPSA) is 18.5 Å². The van der Waals surface area contributed by atoms with Crippen LogP contribution < -0.4 is 9.47 Å². The van der Waals surface area contributed by atoms with Crippen molar-refractivity contribution in [3.05, 3.63) is 166 Å². The minimum atomic E-state index is 0.528. The molecular weight excluding hydrogens is 657 g/mol. The van der Waals surface area contributed by atoms with Gasteiger partial charge in [0.2, 0.25) is 0 Å². The predicted molar refractivity (Wildman–Crippen MR) is 226 cm³/mol. The van der Waals surface area contributed by atoms with Gasteiger partial charge in [-0.3, -0.25) is 0 Å². The highest BCUT2D eigenvalue weighted by atomic mass is 16.5. The van der Waals surface area contributed by atoms with Crippen molar-refractivity contribution in [2.75, 3.05) is 0 Å². The van der Waals surface area contributed by atoms with Gasteiger partial charge in [0.1, 0.15) is 24.7 Å². The van der Waals surface area contributed by atoms with Crippen LogP contribution in [-0.2, 0) is 51.7 Å². The van der Waals surface area contributed by atoms with Crippen LogP contribution in [-0.4, -0.2) is 0 Å². The summed E-state index contributed by atoms with van der Waals surface area (Å²) >= 11 is 0. The minimum Gasteiger partial charge on any atom is -0.488 e. The van der Waals surface area contributed by atoms with Crippen LogP contribution in [0.2, 0.25) is 0 Å². The van der Waals surface area contributed by atoms with Crippen LogP contribution in [0, 0.1) is 0 Å². The van der Waals surface area contributed by atoms with E-state index in [1.54, 1.807) is 0 Å². The second-order valence-corrected chi connectivity index (χ2v) is 15.4. The second kappa shape index (κ2) is 16.9. The average molecular weight is 711 g/mol. The monoisotopic (exact) mass is 710 g/mol. The summed E-state index contributed by atoms with van der Waals surface area (Å²) < 4.78 is 13.7. The normalized spacial score (nSPS) is 13.6. The Kier molecular flexibility index (Phi) is 11.3. The fraction of sp³-hybridized carbons (Fsp3) is 0.308. The Morgan fingerprint density at radius 2 is 0.704 bits per heavy atom. The van der Waals surface area contributed by atoms with Crippen LogP contribution in [0.15, 0.2) is 121 Å². The number of benzene rings is 6. The zero-order valence-corrected chi connectivity index (χ0v) is 32.3. The van der Waals surface area contributed by atoms with Gasteiger partial charge in [-0.05, 0) is 143 Å². The Bertz CT molecular complexity index is 2000. The van der Waals surface area contributed by atoms with E-state index >= 15 is 0 Å². The molecule has 0 spiro atoms. The Morgan fingerprint density at radius 3 is 1.06 bits per heavy atom. The summed E-state index contributed by atoms with van der Waals surface area (Å²) in [5.41, 5.74) is 18.5. The van der Waals surface area contributed by atoms with Gasteiger partial charge >= 0.3 is 0 Å². The lowest BCUT2D eigenvalue weighted by Gasteiger charge is -2.28. The first-order valence-electron chi connectivity index (χ1n) is 20.6. The lowest BCUT2D eigenvalue weighted by Crippen LogP contribution is -2.11. The molecule has 274 valence electrons. The zero-order valence-electron chi connectivity index (χ0n) is 32.3. The molecule has 0 atom stereocenters. The van der Waals surface area contributed by atoms with Crippen LogP contribution in [0.4, 0.5) is 0 Å². The SMILES string of the molecule is CCCc1ccc(-c2ccc(COc3ccc4c(c3-c3c(OCc5ccc(-c6ccc(CCC)cc6)cc5)ccc5c3CCCC5)CCCC4)cc2)cc1. The number of hydrogen-bond acceptors (Lipinski definition) is 2. The molecule has 2 heteroatoms. The third-order valence-electron chi connectivity index (χ3n) is 11.6. The molecule has 8 rings (SSSR count). The van der Waals surface area contributed by atoms with Gasteiger partial charge in [0.15, 0.2) is 0 Å². The molecule has 2 nitrogen and oxygen atoms in total. The van der Waals surface area contributed by atoms with E-state index in [-0.39, 0.29) is 0 Å². The highest BCUT2D eigenvalue weighted by Gasteiger charge is 2.26. The highest BCUT2D eigenvalue weighted by molar-refractivity contribution is 5.84. The highest BCUT2D eigenvalue weighted by Crippen LogP contribution is 2.47. The second-order valence-electron chi connectivity index (χ2n) is 15.4. The maximum absolute atomic E-state index is 6.86. The first kappa shape index (κ1) is 35.9. The van der Waals surface area contributed by atoms with Crippen molar-refractivity contribution in [3.8, 4) is 44.9 Å². The van der Waals surface area contributed by atoms with Gasteiger partial charge < -0.3 is 9.47 Å². The molecule has 2 aliphatic rings. The molecule has 0 heterocycles. The maximum atomic E-state index is 6.86. The number of ether oxygens (including phenoxy) is 2. The molecule has 0 fully saturated rings. The van der Waals surface area contributed by atoms with Gasteiger partial charge in [-0.2, -0.15) is 0 Å². The van der Waals surface area contributed by atoms with Crippen molar-refractivity contribution in [1.82, 2.24) is 0 Å². The van der Waals surface area contributed by atoms with Crippen molar-refractivity contribution in [3.63, 3.8) is 0 Å². The van der Waals surface area contributed by atoms with Gasteiger partial charge in [0, 0.05) is 11.1 Å². The molecule has 6 aromatic rings. The van der Waals surface area contributed by atoms with Gasteiger partial charge in [0.25, 0.3) is 0 Å². The van der Waals surface area contributed by atoms with Gasteiger partial charge in [-0.1, -0.05) is 136 Å². The van der Waals surface area contributed by atoms with E-state index in [9.17, 15) is 0 Å². The van der Waals surface area contributed by atoms with Crippen molar-refractivity contribution >= 4 is 0 Å². The van der Waals surface area contributed by atoms with Crippen LogP contribution >= 0.6 is 0 Å². The number of hydrogen-bond donors (Lipinski definition) is 0. The summed E-state index contributed by atoms with van der Waals surface area (Å²) in [4.78, 5) is 0. The largest absolute Gasteiger partial charge is 0.488 e. The molecule has 2 aliphatic carbocycles. The summed E-state index contributed by atoms with van der Waals surface area (Å²) in [5.74, 6) is 1.95. The molecule has 0 bridgehead atoms. The van der Waals surface area contributed by atoms with Crippen molar-refractivity contribution in [2.24, 2.45) is 0 Å². The zero-order chi connectivity index (χ0) is 36.7.